The number of rotatable bonds is 7. The summed E-state index contributed by atoms with van der Waals surface area (Å²) in [5.74, 6) is 1.70. The van der Waals surface area contributed by atoms with E-state index in [0.717, 1.165) is 75.3 Å². The number of aromatic nitrogens is 3. The number of nitrogens with one attached hydrogen (secondary N) is 1. The zero-order valence-corrected chi connectivity index (χ0v) is 17.2. The van der Waals surface area contributed by atoms with Crippen molar-refractivity contribution in [3.63, 3.8) is 0 Å². The monoisotopic (exact) mass is 380 g/mol. The van der Waals surface area contributed by atoms with Crippen LogP contribution in [0.5, 0.6) is 0 Å². The number of unbranched alkanes of at least 4 members (excludes halogenated alkanes) is 2. The number of aryl methyl sites for hydroxylation is 2. The molecule has 3 N–H and O–H groups in total. The first-order valence-electron chi connectivity index (χ1n) is 10.8. The van der Waals surface area contributed by atoms with Gasteiger partial charge in [-0.1, -0.05) is 26.7 Å². The maximum absolute atomic E-state index is 6.34. The smallest absolute Gasteiger partial charge is 0.152 e. The minimum Gasteiger partial charge on any atom is -0.382 e. The SMILES string of the molecule is CCCCc1nc2c(N)nc3ccc(N4CCNCC4)cc3c2n1CCCC. The van der Waals surface area contributed by atoms with Crippen LogP contribution in [-0.4, -0.2) is 40.7 Å². The highest BCUT2D eigenvalue weighted by Gasteiger charge is 2.18. The van der Waals surface area contributed by atoms with Gasteiger partial charge in [0.25, 0.3) is 0 Å². The molecule has 0 unspecified atom stereocenters. The average Bonchev–Trinajstić information content (AvgIpc) is 3.10. The number of benzene rings is 1. The molecule has 0 aliphatic carbocycles. The van der Waals surface area contributed by atoms with Gasteiger partial charge < -0.3 is 20.5 Å². The molecule has 0 radical (unpaired) electrons. The fourth-order valence-electron chi connectivity index (χ4n) is 4.15. The highest BCUT2D eigenvalue weighted by Crippen LogP contribution is 2.32. The van der Waals surface area contributed by atoms with Gasteiger partial charge >= 0.3 is 0 Å². The van der Waals surface area contributed by atoms with Crippen molar-refractivity contribution in [3.05, 3.63) is 24.0 Å². The number of fused-ring (bicyclic) bond motifs is 3. The van der Waals surface area contributed by atoms with Crippen molar-refractivity contribution >= 4 is 33.4 Å². The fourth-order valence-corrected chi connectivity index (χ4v) is 4.15. The summed E-state index contributed by atoms with van der Waals surface area (Å²) in [5, 5.41) is 4.60. The third-order valence-electron chi connectivity index (χ3n) is 5.74. The number of imidazole rings is 1. The van der Waals surface area contributed by atoms with E-state index in [0.29, 0.717) is 5.82 Å². The molecule has 4 rings (SSSR count). The minimum absolute atomic E-state index is 0.547. The van der Waals surface area contributed by atoms with Gasteiger partial charge in [-0.15, -0.1) is 0 Å². The predicted octanol–water partition coefficient (Wildman–Crippen LogP) is 3.72. The second-order valence-corrected chi connectivity index (χ2v) is 7.77. The van der Waals surface area contributed by atoms with Gasteiger partial charge in [0, 0.05) is 50.2 Å². The Hall–Kier alpha value is -2.34. The van der Waals surface area contributed by atoms with E-state index in [1.165, 1.54) is 23.0 Å². The van der Waals surface area contributed by atoms with Crippen LogP contribution in [0.15, 0.2) is 18.2 Å². The number of hydrogen-bond acceptors (Lipinski definition) is 5. The third-order valence-corrected chi connectivity index (χ3v) is 5.74. The minimum atomic E-state index is 0.547. The van der Waals surface area contributed by atoms with Gasteiger partial charge in [-0.05, 0) is 31.0 Å². The van der Waals surface area contributed by atoms with Crippen LogP contribution in [0.1, 0.15) is 45.4 Å². The van der Waals surface area contributed by atoms with Crippen molar-refractivity contribution in [3.8, 4) is 0 Å². The Morgan fingerprint density at radius 3 is 2.61 bits per heavy atom. The molecule has 1 aliphatic heterocycles. The lowest BCUT2D eigenvalue weighted by atomic mass is 10.1. The van der Waals surface area contributed by atoms with Crippen molar-refractivity contribution in [2.75, 3.05) is 36.8 Å². The van der Waals surface area contributed by atoms with Crippen molar-refractivity contribution < 1.29 is 0 Å². The molecule has 3 heterocycles. The molecule has 6 nitrogen and oxygen atoms in total. The molecule has 0 bridgehead atoms. The maximum atomic E-state index is 6.34. The molecule has 0 amide bonds. The molecule has 1 fully saturated rings. The standard InChI is InChI=1S/C22H32N6/c1-3-5-7-19-26-20-21(28(19)12-6-4-2)17-15-16(27-13-10-24-11-14-27)8-9-18(17)25-22(20)23/h8-9,15,24H,3-7,10-14H2,1-2H3,(H2,23,25). The molecule has 150 valence electrons. The Labute approximate surface area is 167 Å². The molecule has 1 aliphatic rings. The number of piperazine rings is 1. The largest absolute Gasteiger partial charge is 0.382 e. The predicted molar refractivity (Wildman–Crippen MR) is 118 cm³/mol. The number of nitrogens with zero attached hydrogens (tertiary/aromatic N) is 4. The van der Waals surface area contributed by atoms with Crippen LogP contribution in [-0.2, 0) is 13.0 Å². The van der Waals surface area contributed by atoms with Crippen LogP contribution in [0, 0.1) is 0 Å². The zero-order chi connectivity index (χ0) is 19.5. The first-order chi connectivity index (χ1) is 13.7. The second kappa shape index (κ2) is 8.35. The van der Waals surface area contributed by atoms with Crippen molar-refractivity contribution in [1.82, 2.24) is 19.9 Å². The van der Waals surface area contributed by atoms with Gasteiger partial charge in [0.2, 0.25) is 0 Å². The highest BCUT2D eigenvalue weighted by molar-refractivity contribution is 6.07. The van der Waals surface area contributed by atoms with Gasteiger partial charge in [0.15, 0.2) is 5.82 Å². The summed E-state index contributed by atoms with van der Waals surface area (Å²) in [7, 11) is 0. The number of nitrogens with two attached hydrogens (primary N) is 1. The Morgan fingerprint density at radius 2 is 1.86 bits per heavy atom. The van der Waals surface area contributed by atoms with Gasteiger partial charge in [-0.2, -0.15) is 0 Å². The van der Waals surface area contributed by atoms with E-state index in [2.05, 4.69) is 51.8 Å². The van der Waals surface area contributed by atoms with Crippen molar-refractivity contribution in [1.29, 1.82) is 0 Å². The fraction of sp³-hybridized carbons (Fsp3) is 0.545. The summed E-state index contributed by atoms with van der Waals surface area (Å²) in [6.07, 6.45) is 5.61. The molecule has 1 aromatic carbocycles. The average molecular weight is 381 g/mol. The lowest BCUT2D eigenvalue weighted by Crippen LogP contribution is -2.43. The number of nitrogen functional groups attached to an aromatic ring is 1. The second-order valence-electron chi connectivity index (χ2n) is 7.77. The van der Waals surface area contributed by atoms with Crippen LogP contribution < -0.4 is 16.0 Å². The number of pyridine rings is 1. The third kappa shape index (κ3) is 3.53. The Bertz CT molecular complexity index is 955. The van der Waals surface area contributed by atoms with Crippen molar-refractivity contribution in [2.45, 2.75) is 52.5 Å². The van der Waals surface area contributed by atoms with Gasteiger partial charge in [-0.3, -0.25) is 0 Å². The molecule has 6 heteroatoms. The highest BCUT2D eigenvalue weighted by atomic mass is 15.2. The lowest BCUT2D eigenvalue weighted by Gasteiger charge is -2.29. The van der Waals surface area contributed by atoms with Crippen molar-refractivity contribution in [2.24, 2.45) is 0 Å². The summed E-state index contributed by atoms with van der Waals surface area (Å²) in [5.41, 5.74) is 10.6. The van der Waals surface area contributed by atoms with Crippen LogP contribution in [0.4, 0.5) is 11.5 Å². The Morgan fingerprint density at radius 1 is 1.07 bits per heavy atom. The Kier molecular flexibility index (Phi) is 5.67. The van der Waals surface area contributed by atoms with Crippen LogP contribution in [0.2, 0.25) is 0 Å². The van der Waals surface area contributed by atoms with E-state index in [-0.39, 0.29) is 0 Å². The molecule has 28 heavy (non-hydrogen) atoms. The molecule has 0 saturated carbocycles. The number of anilines is 2. The number of hydrogen-bond donors (Lipinski definition) is 2. The molecule has 0 atom stereocenters. The van der Waals surface area contributed by atoms with Crippen LogP contribution >= 0.6 is 0 Å². The summed E-state index contributed by atoms with van der Waals surface area (Å²) < 4.78 is 2.41. The van der Waals surface area contributed by atoms with Gasteiger partial charge in [0.05, 0.1) is 11.0 Å². The summed E-state index contributed by atoms with van der Waals surface area (Å²) in [6.45, 7) is 9.59. The maximum Gasteiger partial charge on any atom is 0.152 e. The van der Waals surface area contributed by atoms with E-state index in [9.17, 15) is 0 Å². The topological polar surface area (TPSA) is 72.0 Å². The lowest BCUT2D eigenvalue weighted by molar-refractivity contribution is 0.589. The van der Waals surface area contributed by atoms with E-state index in [1.54, 1.807) is 0 Å². The van der Waals surface area contributed by atoms with Crippen LogP contribution in [0.25, 0.3) is 21.9 Å². The zero-order valence-electron chi connectivity index (χ0n) is 17.2. The first-order valence-corrected chi connectivity index (χ1v) is 10.8. The van der Waals surface area contributed by atoms with E-state index in [1.807, 2.05) is 0 Å². The molecular weight excluding hydrogens is 348 g/mol. The van der Waals surface area contributed by atoms with E-state index in [4.69, 9.17) is 10.7 Å². The van der Waals surface area contributed by atoms with Gasteiger partial charge in [0.1, 0.15) is 11.3 Å². The summed E-state index contributed by atoms with van der Waals surface area (Å²) in [6, 6.07) is 6.59. The van der Waals surface area contributed by atoms with Crippen LogP contribution in [0.3, 0.4) is 0 Å². The first kappa shape index (κ1) is 19.0. The van der Waals surface area contributed by atoms with E-state index >= 15 is 0 Å². The summed E-state index contributed by atoms with van der Waals surface area (Å²) >= 11 is 0. The van der Waals surface area contributed by atoms with Gasteiger partial charge in [-0.25, -0.2) is 9.97 Å². The summed E-state index contributed by atoms with van der Waals surface area (Å²) in [4.78, 5) is 12.1. The quantitative estimate of drug-likeness (QED) is 0.654. The van der Waals surface area contributed by atoms with E-state index < -0.39 is 0 Å². The molecule has 3 aromatic rings. The molecule has 0 spiro atoms. The molecular formula is C22H32N6. The molecule has 2 aromatic heterocycles. The Balaban J connectivity index is 1.89. The molecule has 1 saturated heterocycles. The normalized spacial score (nSPS) is 15.0.